The molecule has 2 aliphatic rings. The van der Waals surface area contributed by atoms with Gasteiger partial charge in [0.05, 0.1) is 6.10 Å². The van der Waals surface area contributed by atoms with Gasteiger partial charge < -0.3 is 19.3 Å². The summed E-state index contributed by atoms with van der Waals surface area (Å²) in [4.78, 5) is 25.2. The molecule has 6 rings (SSSR count). The molecule has 0 radical (unpaired) electrons. The topological polar surface area (TPSA) is 92.7 Å². The first-order valence-corrected chi connectivity index (χ1v) is 13.1. The molecule has 0 spiro atoms. The molecule has 4 aromatic rings. The van der Waals surface area contributed by atoms with Gasteiger partial charge in [-0.2, -0.15) is 0 Å². The number of hydrogen-bond donors (Lipinski definition) is 2. The van der Waals surface area contributed by atoms with Gasteiger partial charge in [-0.25, -0.2) is 9.59 Å². The average molecular weight is 522 g/mol. The Balaban J connectivity index is 0.00000280. The number of likely N-dealkylation sites (N-methyl/N-ethyl adjacent to an activating group) is 1. The fourth-order valence-electron chi connectivity index (χ4n) is 6.34. The zero-order chi connectivity index (χ0) is 24.8. The van der Waals surface area contributed by atoms with Crippen LogP contribution in [0.1, 0.15) is 65.2 Å². The third kappa shape index (κ3) is 4.41. The third-order valence-corrected chi connectivity index (χ3v) is 8.12. The van der Waals surface area contributed by atoms with E-state index < -0.39 is 6.10 Å². The van der Waals surface area contributed by atoms with E-state index in [-0.39, 0.29) is 29.7 Å². The van der Waals surface area contributed by atoms with Crippen LogP contribution < -0.4 is 16.6 Å². The molecule has 7 heteroatoms. The molecule has 2 aliphatic carbocycles. The largest absolute Gasteiger partial charge is 0.423 e. The molecule has 0 amide bonds. The zero-order valence-electron chi connectivity index (χ0n) is 21.0. The van der Waals surface area contributed by atoms with Gasteiger partial charge in [0.1, 0.15) is 11.2 Å². The maximum absolute atomic E-state index is 12.6. The van der Waals surface area contributed by atoms with E-state index in [1.165, 1.54) is 0 Å². The van der Waals surface area contributed by atoms with E-state index in [9.17, 15) is 14.7 Å². The average Bonchev–Trinajstić information content (AvgIpc) is 2.91. The summed E-state index contributed by atoms with van der Waals surface area (Å²) in [7, 11) is 1.86. The first kappa shape index (κ1) is 25.7. The lowest BCUT2D eigenvalue weighted by Crippen LogP contribution is -2.34. The number of nitrogens with one attached hydrogen (secondary N) is 1. The minimum Gasteiger partial charge on any atom is -0.423 e. The summed E-state index contributed by atoms with van der Waals surface area (Å²) in [5.41, 5.74) is 6.20. The van der Waals surface area contributed by atoms with Crippen LogP contribution >= 0.6 is 12.4 Å². The molecule has 2 unspecified atom stereocenters. The molecule has 2 aromatic heterocycles. The summed E-state index contributed by atoms with van der Waals surface area (Å²) in [6.45, 7) is 0. The summed E-state index contributed by atoms with van der Waals surface area (Å²) >= 11 is 0. The van der Waals surface area contributed by atoms with Crippen molar-refractivity contribution in [1.29, 1.82) is 0 Å². The number of aliphatic hydroxyl groups excluding tert-OH is 1. The van der Waals surface area contributed by atoms with E-state index in [1.54, 1.807) is 0 Å². The highest BCUT2D eigenvalue weighted by Crippen LogP contribution is 2.35. The number of hydrogen-bond acceptors (Lipinski definition) is 6. The van der Waals surface area contributed by atoms with Crippen molar-refractivity contribution in [1.82, 2.24) is 5.32 Å². The van der Waals surface area contributed by atoms with Crippen LogP contribution in [-0.2, 0) is 32.1 Å². The first-order valence-electron chi connectivity index (χ1n) is 13.1. The van der Waals surface area contributed by atoms with Gasteiger partial charge in [0.25, 0.3) is 0 Å². The first-order chi connectivity index (χ1) is 17.6. The Morgan fingerprint density at radius 1 is 0.784 bits per heavy atom. The molecule has 0 fully saturated rings. The highest BCUT2D eigenvalue weighted by Gasteiger charge is 2.28. The van der Waals surface area contributed by atoms with E-state index in [4.69, 9.17) is 8.83 Å². The number of rotatable bonds is 5. The Bertz CT molecular complexity index is 1590. The van der Waals surface area contributed by atoms with Gasteiger partial charge in [-0.05, 0) is 99.2 Å². The molecule has 0 aliphatic heterocycles. The van der Waals surface area contributed by atoms with Crippen LogP contribution in [0.25, 0.3) is 21.9 Å². The predicted molar refractivity (Wildman–Crippen MR) is 147 cm³/mol. The number of aliphatic hydroxyl groups is 1. The van der Waals surface area contributed by atoms with Crippen molar-refractivity contribution < 1.29 is 13.9 Å². The van der Waals surface area contributed by atoms with Crippen molar-refractivity contribution >= 4 is 34.3 Å². The molecule has 194 valence electrons. The van der Waals surface area contributed by atoms with E-state index in [0.29, 0.717) is 17.6 Å². The van der Waals surface area contributed by atoms with Crippen molar-refractivity contribution in [2.75, 3.05) is 7.05 Å². The van der Waals surface area contributed by atoms with Crippen LogP contribution in [0.2, 0.25) is 0 Å². The second kappa shape index (κ2) is 10.4. The molecule has 0 saturated carbocycles. The van der Waals surface area contributed by atoms with Crippen LogP contribution in [0.5, 0.6) is 0 Å². The van der Waals surface area contributed by atoms with E-state index in [0.717, 1.165) is 95.5 Å². The van der Waals surface area contributed by atoms with Gasteiger partial charge in [0.15, 0.2) is 0 Å². The number of benzene rings is 2. The Labute approximate surface area is 221 Å². The minimum absolute atomic E-state index is 0. The number of halogens is 1. The Kier molecular flexibility index (Phi) is 7.26. The molecule has 2 N–H and O–H groups in total. The molecule has 0 saturated heterocycles. The Hall–Kier alpha value is -2.93. The Morgan fingerprint density at radius 2 is 1.30 bits per heavy atom. The van der Waals surface area contributed by atoms with Crippen LogP contribution in [0.4, 0.5) is 0 Å². The summed E-state index contributed by atoms with van der Waals surface area (Å²) < 4.78 is 11.4. The zero-order valence-corrected chi connectivity index (χ0v) is 21.8. The van der Waals surface area contributed by atoms with Crippen molar-refractivity contribution in [3.8, 4) is 0 Å². The number of aryl methyl sites for hydroxylation is 2. The summed E-state index contributed by atoms with van der Waals surface area (Å²) in [6.07, 6.45) is 6.98. The third-order valence-electron chi connectivity index (χ3n) is 8.12. The van der Waals surface area contributed by atoms with Crippen molar-refractivity contribution in [3.05, 3.63) is 90.6 Å². The summed E-state index contributed by atoms with van der Waals surface area (Å²) in [5, 5.41) is 16.9. The molecular weight excluding hydrogens is 490 g/mol. The SMILES string of the molecule is CNC(Cc1cccc2oc(=O)c3c(c12)CCCC3)C(O)c1cccc2oc(=O)c3c(c12)CCCC3.Cl. The molecule has 0 bridgehead atoms. The van der Waals surface area contributed by atoms with Gasteiger partial charge in [-0.15, -0.1) is 12.4 Å². The minimum atomic E-state index is -0.820. The van der Waals surface area contributed by atoms with Gasteiger partial charge in [0.2, 0.25) is 0 Å². The quantitative estimate of drug-likeness (QED) is 0.361. The van der Waals surface area contributed by atoms with Crippen molar-refractivity contribution in [2.45, 2.75) is 69.9 Å². The van der Waals surface area contributed by atoms with Gasteiger partial charge in [-0.3, -0.25) is 0 Å². The lowest BCUT2D eigenvalue weighted by atomic mass is 9.85. The highest BCUT2D eigenvalue weighted by atomic mass is 35.5. The van der Waals surface area contributed by atoms with Gasteiger partial charge in [0, 0.05) is 27.9 Å². The lowest BCUT2D eigenvalue weighted by Gasteiger charge is -2.27. The predicted octanol–water partition coefficient (Wildman–Crippen LogP) is 4.94. The van der Waals surface area contributed by atoms with Crippen LogP contribution in [-0.4, -0.2) is 18.2 Å². The smallest absolute Gasteiger partial charge is 0.339 e. The summed E-state index contributed by atoms with van der Waals surface area (Å²) in [6, 6.07) is 11.1. The Morgan fingerprint density at radius 3 is 1.89 bits per heavy atom. The van der Waals surface area contributed by atoms with Crippen LogP contribution in [0, 0.1) is 0 Å². The van der Waals surface area contributed by atoms with Crippen molar-refractivity contribution in [2.24, 2.45) is 0 Å². The van der Waals surface area contributed by atoms with Crippen LogP contribution in [0.15, 0.2) is 54.8 Å². The second-order valence-corrected chi connectivity index (χ2v) is 10.2. The highest BCUT2D eigenvalue weighted by molar-refractivity contribution is 5.87. The standard InChI is InChI=1S/C30H31NO5.ClH/c1-31-23(16-17-8-6-14-24-26(17)18-9-2-4-11-20(18)29(33)35-24)28(32)22-13-7-15-25-27(22)19-10-3-5-12-21(19)30(34)36-25;/h6-8,13-15,23,28,31-32H,2-5,9-12,16H2,1H3;1H. The molecule has 2 atom stereocenters. The molecule has 2 heterocycles. The van der Waals surface area contributed by atoms with E-state index >= 15 is 0 Å². The molecule has 6 nitrogen and oxygen atoms in total. The van der Waals surface area contributed by atoms with Crippen molar-refractivity contribution in [3.63, 3.8) is 0 Å². The summed E-state index contributed by atoms with van der Waals surface area (Å²) in [5.74, 6) is 0. The monoisotopic (exact) mass is 521 g/mol. The maximum atomic E-state index is 12.6. The van der Waals surface area contributed by atoms with E-state index in [1.807, 2.05) is 37.4 Å². The molecular formula is C30H32ClNO5. The number of fused-ring (bicyclic) bond motifs is 6. The van der Waals surface area contributed by atoms with Gasteiger partial charge >= 0.3 is 11.3 Å². The van der Waals surface area contributed by atoms with Crippen LogP contribution in [0.3, 0.4) is 0 Å². The lowest BCUT2D eigenvalue weighted by molar-refractivity contribution is 0.133. The fourth-order valence-corrected chi connectivity index (χ4v) is 6.34. The molecule has 37 heavy (non-hydrogen) atoms. The normalized spacial score (nSPS) is 16.6. The van der Waals surface area contributed by atoms with Gasteiger partial charge in [-0.1, -0.05) is 24.3 Å². The molecule has 2 aromatic carbocycles. The maximum Gasteiger partial charge on any atom is 0.339 e. The second-order valence-electron chi connectivity index (χ2n) is 10.2. The fraction of sp³-hybridized carbons (Fsp3) is 0.400. The van der Waals surface area contributed by atoms with E-state index in [2.05, 4.69) is 11.4 Å².